The quantitative estimate of drug-likeness (QED) is 0.280. The number of nitrogens with one attached hydrogen (secondary N) is 2. The van der Waals surface area contributed by atoms with Gasteiger partial charge in [-0.25, -0.2) is 0 Å². The Labute approximate surface area is 175 Å². The van der Waals surface area contributed by atoms with E-state index < -0.39 is 0 Å². The summed E-state index contributed by atoms with van der Waals surface area (Å²) in [4.78, 5) is 4.28. The van der Waals surface area contributed by atoms with Crippen LogP contribution in [0.2, 0.25) is 0 Å². The third kappa shape index (κ3) is 10.6. The topological polar surface area (TPSA) is 73.3 Å². The summed E-state index contributed by atoms with van der Waals surface area (Å²) >= 11 is 0. The average molecular weight is 408 g/mol. The molecular weight excluding hydrogens is 370 g/mol. The summed E-state index contributed by atoms with van der Waals surface area (Å²) in [6, 6.07) is 8.39. The van der Waals surface area contributed by atoms with Crippen molar-refractivity contribution in [3.63, 3.8) is 0 Å². The van der Waals surface area contributed by atoms with Crippen molar-refractivity contribution in [3.8, 4) is 0 Å². The summed E-state index contributed by atoms with van der Waals surface area (Å²) in [5.74, 6) is 0.794. The van der Waals surface area contributed by atoms with E-state index in [-0.39, 0.29) is 0 Å². The molecule has 1 heterocycles. The van der Waals surface area contributed by atoms with E-state index in [1.165, 1.54) is 5.56 Å². The lowest BCUT2D eigenvalue weighted by molar-refractivity contribution is 0.0168. The SMILES string of the molecule is CCOCCOCc1cccc(CNC(=NC)NCCCOCC2CCCO2)c1. The first-order valence-corrected chi connectivity index (χ1v) is 10.7. The Morgan fingerprint density at radius 2 is 2.00 bits per heavy atom. The Balaban J connectivity index is 1.57. The summed E-state index contributed by atoms with van der Waals surface area (Å²) in [5.41, 5.74) is 2.35. The van der Waals surface area contributed by atoms with E-state index in [2.05, 4.69) is 39.9 Å². The van der Waals surface area contributed by atoms with E-state index in [4.69, 9.17) is 18.9 Å². The fourth-order valence-corrected chi connectivity index (χ4v) is 3.06. The number of aliphatic imine (C=N–C) groups is 1. The smallest absolute Gasteiger partial charge is 0.191 e. The molecule has 7 nitrogen and oxygen atoms in total. The van der Waals surface area contributed by atoms with Crippen molar-refractivity contribution >= 4 is 5.96 Å². The Morgan fingerprint density at radius 1 is 1.14 bits per heavy atom. The number of hydrogen-bond donors (Lipinski definition) is 2. The van der Waals surface area contributed by atoms with E-state index in [9.17, 15) is 0 Å². The summed E-state index contributed by atoms with van der Waals surface area (Å²) in [6.45, 7) is 8.40. The number of guanidine groups is 1. The van der Waals surface area contributed by atoms with Crippen LogP contribution in [-0.2, 0) is 32.1 Å². The average Bonchev–Trinajstić information content (AvgIpc) is 3.26. The highest BCUT2D eigenvalue weighted by Gasteiger charge is 2.14. The molecule has 0 spiro atoms. The lowest BCUT2D eigenvalue weighted by atomic mass is 10.1. The van der Waals surface area contributed by atoms with Crippen LogP contribution in [0.5, 0.6) is 0 Å². The van der Waals surface area contributed by atoms with Crippen molar-refractivity contribution in [3.05, 3.63) is 35.4 Å². The van der Waals surface area contributed by atoms with Gasteiger partial charge in [0.2, 0.25) is 0 Å². The predicted molar refractivity (Wildman–Crippen MR) is 115 cm³/mol. The molecule has 0 aliphatic carbocycles. The third-order valence-electron chi connectivity index (χ3n) is 4.61. The highest BCUT2D eigenvalue weighted by molar-refractivity contribution is 5.79. The first-order valence-electron chi connectivity index (χ1n) is 10.7. The minimum absolute atomic E-state index is 0.295. The molecule has 1 aromatic carbocycles. The molecule has 29 heavy (non-hydrogen) atoms. The van der Waals surface area contributed by atoms with Crippen LogP contribution in [0, 0.1) is 0 Å². The van der Waals surface area contributed by atoms with Gasteiger partial charge in [-0.2, -0.15) is 0 Å². The van der Waals surface area contributed by atoms with E-state index in [1.807, 2.05) is 6.92 Å². The van der Waals surface area contributed by atoms with Gasteiger partial charge in [0.25, 0.3) is 0 Å². The molecule has 1 saturated heterocycles. The van der Waals surface area contributed by atoms with Crippen LogP contribution in [-0.4, -0.2) is 65.3 Å². The number of hydrogen-bond acceptors (Lipinski definition) is 5. The van der Waals surface area contributed by atoms with Crippen LogP contribution in [0.1, 0.15) is 37.3 Å². The highest BCUT2D eigenvalue weighted by atomic mass is 16.5. The zero-order valence-corrected chi connectivity index (χ0v) is 18.0. The molecule has 2 N–H and O–H groups in total. The van der Waals surface area contributed by atoms with Crippen molar-refractivity contribution in [1.29, 1.82) is 0 Å². The largest absolute Gasteiger partial charge is 0.379 e. The van der Waals surface area contributed by atoms with E-state index >= 15 is 0 Å². The molecule has 2 rings (SSSR count). The fraction of sp³-hybridized carbons (Fsp3) is 0.682. The number of nitrogens with zero attached hydrogens (tertiary/aromatic N) is 1. The second kappa shape index (κ2) is 15.2. The van der Waals surface area contributed by atoms with Crippen LogP contribution in [0.3, 0.4) is 0 Å². The molecule has 0 saturated carbocycles. The van der Waals surface area contributed by atoms with E-state index in [0.717, 1.165) is 57.2 Å². The molecule has 0 bridgehead atoms. The molecular formula is C22H37N3O4. The lowest BCUT2D eigenvalue weighted by Crippen LogP contribution is -2.37. The second-order valence-corrected chi connectivity index (χ2v) is 6.99. The molecule has 0 amide bonds. The Kier molecular flexibility index (Phi) is 12.4. The van der Waals surface area contributed by atoms with Crippen molar-refractivity contribution in [2.24, 2.45) is 4.99 Å². The minimum Gasteiger partial charge on any atom is -0.379 e. The van der Waals surface area contributed by atoms with Crippen molar-refractivity contribution < 1.29 is 18.9 Å². The van der Waals surface area contributed by atoms with Gasteiger partial charge in [0.05, 0.1) is 32.5 Å². The number of ether oxygens (including phenoxy) is 4. The van der Waals surface area contributed by atoms with Gasteiger partial charge in [-0.15, -0.1) is 0 Å². The highest BCUT2D eigenvalue weighted by Crippen LogP contribution is 2.11. The van der Waals surface area contributed by atoms with E-state index in [0.29, 0.717) is 39.1 Å². The van der Waals surface area contributed by atoms with Gasteiger partial charge in [0.1, 0.15) is 0 Å². The fourth-order valence-electron chi connectivity index (χ4n) is 3.06. The Bertz CT molecular complexity index is 577. The molecule has 1 atom stereocenters. The maximum absolute atomic E-state index is 5.68. The zero-order chi connectivity index (χ0) is 20.6. The number of rotatable bonds is 14. The summed E-state index contributed by atoms with van der Waals surface area (Å²) in [7, 11) is 1.78. The standard InChI is InChI=1S/C22H37N3O4/c1-3-26-13-14-28-17-20-8-4-7-19(15-20)16-25-22(23-2)24-10-6-11-27-18-21-9-5-12-29-21/h4,7-8,15,21H,3,5-6,9-14,16-18H2,1-2H3,(H2,23,24,25). The van der Waals surface area contributed by atoms with Gasteiger partial charge < -0.3 is 29.6 Å². The van der Waals surface area contributed by atoms with Crippen LogP contribution in [0.4, 0.5) is 0 Å². The first-order chi connectivity index (χ1) is 14.3. The molecule has 1 aliphatic heterocycles. The maximum atomic E-state index is 5.68. The van der Waals surface area contributed by atoms with Gasteiger partial charge in [-0.05, 0) is 37.3 Å². The normalized spacial score (nSPS) is 16.9. The first kappa shape index (κ1) is 23.6. The molecule has 7 heteroatoms. The molecule has 0 radical (unpaired) electrons. The van der Waals surface area contributed by atoms with Crippen LogP contribution in [0.15, 0.2) is 29.3 Å². The molecule has 1 fully saturated rings. The Hall–Kier alpha value is -1.67. The molecule has 164 valence electrons. The third-order valence-corrected chi connectivity index (χ3v) is 4.61. The van der Waals surface area contributed by atoms with Crippen molar-refractivity contribution in [2.45, 2.75) is 45.4 Å². The number of benzene rings is 1. The summed E-state index contributed by atoms with van der Waals surface area (Å²) in [6.07, 6.45) is 3.50. The van der Waals surface area contributed by atoms with Gasteiger partial charge >= 0.3 is 0 Å². The lowest BCUT2D eigenvalue weighted by Gasteiger charge is -2.13. The predicted octanol–water partition coefficient (Wildman–Crippen LogP) is 2.49. The van der Waals surface area contributed by atoms with Gasteiger partial charge in [0, 0.05) is 40.0 Å². The van der Waals surface area contributed by atoms with Gasteiger partial charge in [0.15, 0.2) is 5.96 Å². The van der Waals surface area contributed by atoms with Gasteiger partial charge in [-0.1, -0.05) is 24.3 Å². The molecule has 0 aromatic heterocycles. The van der Waals surface area contributed by atoms with E-state index in [1.54, 1.807) is 7.05 Å². The molecule has 1 unspecified atom stereocenters. The van der Waals surface area contributed by atoms with Crippen LogP contribution in [0.25, 0.3) is 0 Å². The summed E-state index contributed by atoms with van der Waals surface area (Å²) in [5, 5.41) is 6.68. The maximum Gasteiger partial charge on any atom is 0.191 e. The van der Waals surface area contributed by atoms with Crippen molar-refractivity contribution in [2.75, 3.05) is 53.2 Å². The zero-order valence-electron chi connectivity index (χ0n) is 18.0. The van der Waals surface area contributed by atoms with Crippen LogP contribution < -0.4 is 10.6 Å². The molecule has 1 aliphatic rings. The minimum atomic E-state index is 0.295. The monoisotopic (exact) mass is 407 g/mol. The van der Waals surface area contributed by atoms with Crippen LogP contribution >= 0.6 is 0 Å². The second-order valence-electron chi connectivity index (χ2n) is 6.99. The van der Waals surface area contributed by atoms with Gasteiger partial charge in [-0.3, -0.25) is 4.99 Å². The summed E-state index contributed by atoms with van der Waals surface area (Å²) < 4.78 is 22.2. The van der Waals surface area contributed by atoms with Crippen molar-refractivity contribution in [1.82, 2.24) is 10.6 Å². The Morgan fingerprint density at radius 3 is 2.79 bits per heavy atom. The molecule has 1 aromatic rings.